The summed E-state index contributed by atoms with van der Waals surface area (Å²) < 4.78 is 5.38. The smallest absolute Gasteiger partial charge is 0.303 e. The maximum Gasteiger partial charge on any atom is 0.303 e. The number of nitrogens with zero attached hydrogens (tertiary/aromatic N) is 1. The Balaban J connectivity index is 1.80. The first-order chi connectivity index (χ1) is 12.4. The van der Waals surface area contributed by atoms with Crippen LogP contribution in [0, 0.1) is 0 Å². The first-order valence-corrected chi connectivity index (χ1v) is 8.95. The maximum atomic E-state index is 12.4. The number of carbonyl (C=O) groups excluding carboxylic acids is 2. The number of rotatable bonds is 6. The molecular weight excluding hydrogens is 352 g/mol. The number of anilines is 1. The number of ether oxygens (including phenoxy) is 1. The van der Waals surface area contributed by atoms with Gasteiger partial charge in [-0.3, -0.25) is 14.5 Å². The van der Waals surface area contributed by atoms with Crippen LogP contribution >= 0.6 is 11.6 Å². The Morgan fingerprint density at radius 2 is 1.92 bits per heavy atom. The van der Waals surface area contributed by atoms with E-state index in [1.165, 1.54) is 0 Å². The molecule has 136 valence electrons. The summed E-state index contributed by atoms with van der Waals surface area (Å²) in [6.07, 6.45) is 0.828. The average molecular weight is 374 g/mol. The van der Waals surface area contributed by atoms with Gasteiger partial charge in [0.2, 0.25) is 0 Å². The van der Waals surface area contributed by atoms with E-state index in [4.69, 9.17) is 16.3 Å². The fraction of sp³-hybridized carbons (Fsp3) is 0.300. The van der Waals surface area contributed by atoms with E-state index in [0.29, 0.717) is 29.5 Å². The van der Waals surface area contributed by atoms with Gasteiger partial charge < -0.3 is 9.64 Å². The van der Waals surface area contributed by atoms with Gasteiger partial charge in [-0.05, 0) is 42.3 Å². The Bertz CT molecular complexity index is 866. The van der Waals surface area contributed by atoms with Crippen LogP contribution in [0.15, 0.2) is 36.4 Å². The number of Topliss-reactive ketones (excluding diaryl/α,β-unsaturated/α-hetero) is 1. The topological polar surface area (TPSA) is 51.0 Å². The van der Waals surface area contributed by atoms with E-state index in [-0.39, 0.29) is 0 Å². The minimum atomic E-state index is -0.467. The molecule has 1 unspecified atom stereocenters. The fourth-order valence-electron chi connectivity index (χ4n) is 3.26. The summed E-state index contributed by atoms with van der Waals surface area (Å²) in [6.45, 7) is 3.03. The lowest BCUT2D eigenvalue weighted by atomic mass is 10.1. The van der Waals surface area contributed by atoms with Crippen LogP contribution in [0.5, 0.6) is 5.75 Å². The third-order valence-corrected chi connectivity index (χ3v) is 4.84. The van der Waals surface area contributed by atoms with Gasteiger partial charge in [-0.2, -0.15) is 0 Å². The summed E-state index contributed by atoms with van der Waals surface area (Å²) >= 11 is 6.09. The van der Waals surface area contributed by atoms with Crippen LogP contribution in [0.3, 0.4) is 0 Å². The number of methoxy groups -OCH3 is 1. The highest BCUT2D eigenvalue weighted by molar-refractivity contribution is 6.52. The van der Waals surface area contributed by atoms with Crippen LogP contribution in [0.2, 0.25) is 5.02 Å². The second-order valence-electron chi connectivity index (χ2n) is 6.52. The summed E-state index contributed by atoms with van der Waals surface area (Å²) in [4.78, 5) is 27.4. The molecule has 1 aliphatic heterocycles. The molecule has 3 rings (SSSR count). The van der Waals surface area contributed by atoms with Gasteiger partial charge in [0, 0.05) is 10.6 Å². The molecular formula is C20H22ClN2O3+. The van der Waals surface area contributed by atoms with Crippen LogP contribution < -0.4 is 14.5 Å². The highest BCUT2D eigenvalue weighted by Crippen LogP contribution is 2.29. The van der Waals surface area contributed by atoms with E-state index in [1.807, 2.05) is 44.3 Å². The summed E-state index contributed by atoms with van der Waals surface area (Å²) in [5.41, 5.74) is 3.20. The number of amides is 1. The van der Waals surface area contributed by atoms with Crippen LogP contribution in [0.1, 0.15) is 28.4 Å². The number of benzene rings is 2. The van der Waals surface area contributed by atoms with Crippen molar-refractivity contribution in [1.82, 2.24) is 0 Å². The molecule has 0 spiro atoms. The molecule has 1 heterocycles. The second kappa shape index (κ2) is 7.48. The second-order valence-corrected chi connectivity index (χ2v) is 6.95. The minimum Gasteiger partial charge on any atom is -0.496 e. The Labute approximate surface area is 158 Å². The first-order valence-electron chi connectivity index (χ1n) is 8.57. The van der Waals surface area contributed by atoms with Crippen molar-refractivity contribution >= 4 is 29.0 Å². The molecule has 0 aromatic heterocycles. The van der Waals surface area contributed by atoms with Crippen LogP contribution in [-0.4, -0.2) is 32.5 Å². The van der Waals surface area contributed by atoms with Gasteiger partial charge in [-0.15, -0.1) is 0 Å². The molecule has 0 fully saturated rings. The molecule has 2 aromatic carbocycles. The fourth-order valence-corrected chi connectivity index (χ4v) is 3.46. The van der Waals surface area contributed by atoms with Crippen molar-refractivity contribution in [3.05, 3.63) is 58.1 Å². The van der Waals surface area contributed by atoms with Crippen molar-refractivity contribution in [1.29, 1.82) is 0 Å². The summed E-state index contributed by atoms with van der Waals surface area (Å²) in [5.74, 6) is -0.139. The number of hydrogen-bond donors (Lipinski definition) is 1. The third kappa shape index (κ3) is 3.45. The number of quaternary nitrogens is 1. The van der Waals surface area contributed by atoms with Crippen LogP contribution in [0.25, 0.3) is 0 Å². The van der Waals surface area contributed by atoms with Gasteiger partial charge in [0.05, 0.1) is 25.4 Å². The Morgan fingerprint density at radius 1 is 1.15 bits per heavy atom. The zero-order valence-electron chi connectivity index (χ0n) is 15.1. The van der Waals surface area contributed by atoms with E-state index in [2.05, 4.69) is 0 Å². The van der Waals surface area contributed by atoms with Gasteiger partial charge in [-0.25, -0.2) is 0 Å². The molecule has 0 bridgehead atoms. The minimum absolute atomic E-state index is 0.388. The van der Waals surface area contributed by atoms with Gasteiger partial charge in [0.15, 0.2) is 6.67 Å². The lowest BCUT2D eigenvalue weighted by Crippen LogP contribution is -3.09. The number of halogens is 1. The zero-order valence-corrected chi connectivity index (χ0v) is 15.9. The van der Waals surface area contributed by atoms with Crippen molar-refractivity contribution < 1.29 is 19.2 Å². The molecule has 1 N–H and O–H groups in total. The lowest BCUT2D eigenvalue weighted by Gasteiger charge is -2.22. The largest absolute Gasteiger partial charge is 0.496 e. The van der Waals surface area contributed by atoms with E-state index >= 15 is 0 Å². The summed E-state index contributed by atoms with van der Waals surface area (Å²) in [5, 5.41) is 0.637. The Morgan fingerprint density at radius 3 is 2.62 bits per heavy atom. The number of ketones is 1. The normalized spacial score (nSPS) is 14.5. The standard InChI is InChI=1S/C20H21ClN2O3/c1-4-13-5-7-17-16(9-13)19(24)20(25)23(17)12-22(2)11-14-10-15(21)6-8-18(14)26-3/h5-10H,4,11-12H2,1-3H3/p+1. The molecule has 0 saturated carbocycles. The number of fused-ring (bicyclic) bond motifs is 1. The highest BCUT2D eigenvalue weighted by atomic mass is 35.5. The number of nitrogens with one attached hydrogen (secondary N) is 1. The zero-order chi connectivity index (χ0) is 18.8. The maximum absolute atomic E-state index is 12.4. The van der Waals surface area contributed by atoms with Crippen molar-refractivity contribution in [3.8, 4) is 5.75 Å². The van der Waals surface area contributed by atoms with E-state index in [9.17, 15) is 9.59 Å². The lowest BCUT2D eigenvalue weighted by molar-refractivity contribution is -0.892. The van der Waals surface area contributed by atoms with Gasteiger partial charge >= 0.3 is 5.91 Å². The molecule has 1 aliphatic rings. The van der Waals surface area contributed by atoms with E-state index < -0.39 is 11.7 Å². The molecule has 0 saturated heterocycles. The van der Waals surface area contributed by atoms with Crippen molar-refractivity contribution in [2.24, 2.45) is 0 Å². The predicted molar refractivity (Wildman–Crippen MR) is 101 cm³/mol. The molecule has 6 heteroatoms. The van der Waals surface area contributed by atoms with Crippen molar-refractivity contribution in [3.63, 3.8) is 0 Å². The summed E-state index contributed by atoms with van der Waals surface area (Å²) in [6, 6.07) is 11.1. The molecule has 0 radical (unpaired) electrons. The molecule has 2 aromatic rings. The van der Waals surface area contributed by atoms with E-state index in [0.717, 1.165) is 28.2 Å². The first kappa shape index (κ1) is 18.4. The van der Waals surface area contributed by atoms with Gasteiger partial charge in [-0.1, -0.05) is 24.6 Å². The van der Waals surface area contributed by atoms with Crippen LogP contribution in [-0.2, 0) is 17.8 Å². The molecule has 1 atom stereocenters. The Hall–Kier alpha value is -2.37. The van der Waals surface area contributed by atoms with Gasteiger partial charge in [0.1, 0.15) is 12.3 Å². The molecule has 26 heavy (non-hydrogen) atoms. The van der Waals surface area contributed by atoms with Crippen molar-refractivity contribution in [2.45, 2.75) is 19.9 Å². The van der Waals surface area contributed by atoms with E-state index in [1.54, 1.807) is 18.1 Å². The number of aryl methyl sites for hydroxylation is 1. The predicted octanol–water partition coefficient (Wildman–Crippen LogP) is 2.11. The number of hydrogen-bond acceptors (Lipinski definition) is 3. The van der Waals surface area contributed by atoms with Crippen LogP contribution in [0.4, 0.5) is 5.69 Å². The van der Waals surface area contributed by atoms with Crippen molar-refractivity contribution in [2.75, 3.05) is 25.7 Å². The Kier molecular flexibility index (Phi) is 5.30. The van der Waals surface area contributed by atoms with Gasteiger partial charge in [0.25, 0.3) is 5.78 Å². The summed E-state index contributed by atoms with van der Waals surface area (Å²) in [7, 11) is 3.59. The number of carbonyl (C=O) groups is 2. The molecule has 5 nitrogen and oxygen atoms in total. The monoisotopic (exact) mass is 373 g/mol. The quantitative estimate of drug-likeness (QED) is 0.789. The average Bonchev–Trinajstić information content (AvgIpc) is 2.86. The SMILES string of the molecule is CCc1ccc2c(c1)C(=O)C(=O)N2C[NH+](C)Cc1cc(Cl)ccc1OC. The highest BCUT2D eigenvalue weighted by Gasteiger charge is 2.37. The molecule has 0 aliphatic carbocycles. The third-order valence-electron chi connectivity index (χ3n) is 4.61. The molecule has 1 amide bonds.